The van der Waals surface area contributed by atoms with Crippen LogP contribution in [-0.4, -0.2) is 30.4 Å². The van der Waals surface area contributed by atoms with Gasteiger partial charge in [0.2, 0.25) is 5.91 Å². The third-order valence-electron chi connectivity index (χ3n) is 2.96. The first kappa shape index (κ1) is 15.0. The van der Waals surface area contributed by atoms with Crippen LogP contribution in [0.25, 0.3) is 0 Å². The van der Waals surface area contributed by atoms with E-state index in [2.05, 4.69) is 10.2 Å². The van der Waals surface area contributed by atoms with Crippen LogP contribution >= 0.6 is 11.6 Å². The molecule has 0 aliphatic rings. The Kier molecular flexibility index (Phi) is 5.63. The molecule has 100 valence electrons. The maximum atomic E-state index is 11.9. The molecule has 3 nitrogen and oxygen atoms in total. The van der Waals surface area contributed by atoms with Gasteiger partial charge in [0.05, 0.1) is 17.3 Å². The molecule has 18 heavy (non-hydrogen) atoms. The fourth-order valence-electron chi connectivity index (χ4n) is 1.90. The lowest BCUT2D eigenvalue weighted by atomic mass is 10.1. The van der Waals surface area contributed by atoms with Crippen LogP contribution in [0.3, 0.4) is 0 Å². The van der Waals surface area contributed by atoms with Crippen molar-refractivity contribution in [1.82, 2.24) is 4.90 Å². The molecule has 0 fully saturated rings. The molecule has 1 amide bonds. The van der Waals surface area contributed by atoms with E-state index in [-0.39, 0.29) is 5.91 Å². The lowest BCUT2D eigenvalue weighted by Crippen LogP contribution is -2.33. The summed E-state index contributed by atoms with van der Waals surface area (Å²) in [4.78, 5) is 14.0. The molecule has 1 N–H and O–H groups in total. The van der Waals surface area contributed by atoms with Crippen molar-refractivity contribution < 1.29 is 4.79 Å². The zero-order valence-corrected chi connectivity index (χ0v) is 12.3. The van der Waals surface area contributed by atoms with Gasteiger partial charge in [-0.15, -0.1) is 0 Å². The van der Waals surface area contributed by atoms with Gasteiger partial charge in [-0.1, -0.05) is 31.5 Å². The Morgan fingerprint density at radius 3 is 2.39 bits per heavy atom. The average molecular weight is 269 g/mol. The van der Waals surface area contributed by atoms with E-state index in [9.17, 15) is 4.79 Å². The number of hydrogen-bond acceptors (Lipinski definition) is 2. The number of aryl methyl sites for hydroxylation is 2. The molecular formula is C14H21ClN2O. The first-order chi connectivity index (χ1) is 8.47. The monoisotopic (exact) mass is 268 g/mol. The summed E-state index contributed by atoms with van der Waals surface area (Å²) in [5.41, 5.74) is 2.81. The Balaban J connectivity index is 2.76. The summed E-state index contributed by atoms with van der Waals surface area (Å²) in [5, 5.41) is 3.49. The van der Waals surface area contributed by atoms with Crippen molar-refractivity contribution in [3.8, 4) is 0 Å². The summed E-state index contributed by atoms with van der Waals surface area (Å²) in [6.45, 7) is 10.2. The van der Waals surface area contributed by atoms with Crippen molar-refractivity contribution in [2.75, 3.05) is 25.0 Å². The third-order valence-corrected chi connectivity index (χ3v) is 3.26. The highest BCUT2D eigenvalue weighted by atomic mass is 35.5. The highest BCUT2D eigenvalue weighted by Gasteiger charge is 2.11. The van der Waals surface area contributed by atoms with Crippen molar-refractivity contribution in [1.29, 1.82) is 0 Å². The van der Waals surface area contributed by atoms with Crippen LogP contribution in [0.1, 0.15) is 25.0 Å². The van der Waals surface area contributed by atoms with E-state index < -0.39 is 0 Å². The molecular weight excluding hydrogens is 248 g/mol. The smallest absolute Gasteiger partial charge is 0.238 e. The van der Waals surface area contributed by atoms with Gasteiger partial charge in [-0.2, -0.15) is 0 Å². The fourth-order valence-corrected chi connectivity index (χ4v) is 2.27. The molecule has 0 heterocycles. The second kappa shape index (κ2) is 6.76. The minimum atomic E-state index is -0.0208. The van der Waals surface area contributed by atoms with Crippen LogP contribution in [0, 0.1) is 13.8 Å². The summed E-state index contributed by atoms with van der Waals surface area (Å²) in [5.74, 6) is -0.0208. The zero-order valence-electron chi connectivity index (χ0n) is 11.5. The highest BCUT2D eigenvalue weighted by Crippen LogP contribution is 2.27. The van der Waals surface area contributed by atoms with Gasteiger partial charge >= 0.3 is 0 Å². The summed E-state index contributed by atoms with van der Waals surface area (Å²) in [6.07, 6.45) is 0. The Labute approximate surface area is 114 Å². The molecule has 0 saturated heterocycles. The standard InChI is InChI=1S/C14H21ClN2O/c1-5-17(6-2)9-13(18)16-14-11(4)7-10(3)8-12(14)15/h7-8H,5-6,9H2,1-4H3,(H,16,18). The largest absolute Gasteiger partial charge is 0.323 e. The number of carbonyl (C=O) groups excluding carboxylic acids is 1. The van der Waals surface area contributed by atoms with Crippen LogP contribution in [0.2, 0.25) is 5.02 Å². The van der Waals surface area contributed by atoms with E-state index in [0.717, 1.165) is 29.9 Å². The Bertz CT molecular complexity index is 405. The number of rotatable bonds is 5. The number of benzene rings is 1. The van der Waals surface area contributed by atoms with Crippen molar-refractivity contribution in [2.45, 2.75) is 27.7 Å². The average Bonchev–Trinajstić information content (AvgIpc) is 2.30. The van der Waals surface area contributed by atoms with E-state index in [0.29, 0.717) is 11.6 Å². The van der Waals surface area contributed by atoms with Crippen molar-refractivity contribution in [3.05, 3.63) is 28.3 Å². The molecule has 0 aliphatic heterocycles. The van der Waals surface area contributed by atoms with Crippen LogP contribution in [0.4, 0.5) is 5.69 Å². The Morgan fingerprint density at radius 1 is 1.28 bits per heavy atom. The normalized spacial score (nSPS) is 10.8. The van der Waals surface area contributed by atoms with Gasteiger partial charge in [0.1, 0.15) is 0 Å². The molecule has 0 unspecified atom stereocenters. The number of likely N-dealkylation sites (N-methyl/N-ethyl adjacent to an activating group) is 1. The number of anilines is 1. The van der Waals surface area contributed by atoms with E-state index in [1.54, 1.807) is 0 Å². The second-order valence-electron chi connectivity index (χ2n) is 4.45. The first-order valence-corrected chi connectivity index (χ1v) is 6.64. The number of carbonyl (C=O) groups is 1. The van der Waals surface area contributed by atoms with E-state index in [4.69, 9.17) is 11.6 Å². The molecule has 1 rings (SSSR count). The number of amides is 1. The lowest BCUT2D eigenvalue weighted by molar-refractivity contribution is -0.117. The van der Waals surface area contributed by atoms with E-state index in [1.807, 2.05) is 39.8 Å². The number of nitrogens with one attached hydrogen (secondary N) is 1. The van der Waals surface area contributed by atoms with Crippen LogP contribution < -0.4 is 5.32 Å². The molecule has 4 heteroatoms. The number of hydrogen-bond donors (Lipinski definition) is 1. The topological polar surface area (TPSA) is 32.3 Å². The zero-order chi connectivity index (χ0) is 13.7. The van der Waals surface area contributed by atoms with Crippen molar-refractivity contribution >= 4 is 23.2 Å². The van der Waals surface area contributed by atoms with Gasteiger partial charge in [0.15, 0.2) is 0 Å². The maximum absolute atomic E-state index is 11.9. The second-order valence-corrected chi connectivity index (χ2v) is 4.86. The van der Waals surface area contributed by atoms with Gasteiger partial charge in [-0.3, -0.25) is 9.69 Å². The van der Waals surface area contributed by atoms with Crippen LogP contribution in [0.5, 0.6) is 0 Å². The van der Waals surface area contributed by atoms with Gasteiger partial charge in [-0.25, -0.2) is 0 Å². The van der Waals surface area contributed by atoms with Crippen molar-refractivity contribution in [3.63, 3.8) is 0 Å². The van der Waals surface area contributed by atoms with Gasteiger partial charge < -0.3 is 5.32 Å². The van der Waals surface area contributed by atoms with E-state index >= 15 is 0 Å². The molecule has 0 aromatic heterocycles. The van der Waals surface area contributed by atoms with E-state index in [1.165, 1.54) is 0 Å². The quantitative estimate of drug-likeness (QED) is 0.889. The minimum Gasteiger partial charge on any atom is -0.323 e. The third kappa shape index (κ3) is 4.00. The van der Waals surface area contributed by atoms with Crippen LogP contribution in [-0.2, 0) is 4.79 Å². The summed E-state index contributed by atoms with van der Waals surface area (Å²) in [6, 6.07) is 3.88. The Hall–Kier alpha value is -1.06. The fraction of sp³-hybridized carbons (Fsp3) is 0.500. The van der Waals surface area contributed by atoms with Gasteiger partial charge in [-0.05, 0) is 44.1 Å². The maximum Gasteiger partial charge on any atom is 0.238 e. The number of nitrogens with zero attached hydrogens (tertiary/aromatic N) is 1. The first-order valence-electron chi connectivity index (χ1n) is 6.26. The predicted octanol–water partition coefficient (Wildman–Crippen LogP) is 3.24. The molecule has 0 aliphatic carbocycles. The van der Waals surface area contributed by atoms with Gasteiger partial charge in [0, 0.05) is 0 Å². The summed E-state index contributed by atoms with van der Waals surface area (Å²) >= 11 is 6.15. The lowest BCUT2D eigenvalue weighted by Gasteiger charge is -2.18. The predicted molar refractivity (Wildman–Crippen MR) is 77.3 cm³/mol. The van der Waals surface area contributed by atoms with Gasteiger partial charge in [0.25, 0.3) is 0 Å². The molecule has 1 aromatic rings. The highest BCUT2D eigenvalue weighted by molar-refractivity contribution is 6.34. The molecule has 0 bridgehead atoms. The Morgan fingerprint density at radius 2 is 1.89 bits per heavy atom. The summed E-state index contributed by atoms with van der Waals surface area (Å²) in [7, 11) is 0. The minimum absolute atomic E-state index is 0.0208. The molecule has 0 radical (unpaired) electrons. The molecule has 1 aromatic carbocycles. The summed E-state index contributed by atoms with van der Waals surface area (Å²) < 4.78 is 0. The van der Waals surface area contributed by atoms with Crippen LogP contribution in [0.15, 0.2) is 12.1 Å². The molecule has 0 saturated carbocycles. The van der Waals surface area contributed by atoms with Crippen molar-refractivity contribution in [2.24, 2.45) is 0 Å². The SMILES string of the molecule is CCN(CC)CC(=O)Nc1c(C)cc(C)cc1Cl. The number of halogens is 1. The molecule has 0 atom stereocenters. The molecule has 0 spiro atoms.